The van der Waals surface area contributed by atoms with Crippen molar-refractivity contribution in [3.8, 4) is 11.3 Å². The summed E-state index contributed by atoms with van der Waals surface area (Å²) in [5.74, 6) is 0. The molecule has 0 amide bonds. The van der Waals surface area contributed by atoms with Crippen molar-refractivity contribution in [1.82, 2.24) is 9.97 Å². The Morgan fingerprint density at radius 2 is 1.76 bits per heavy atom. The van der Waals surface area contributed by atoms with E-state index in [-0.39, 0.29) is 0 Å². The summed E-state index contributed by atoms with van der Waals surface area (Å²) >= 11 is 3.39. The first-order valence-corrected chi connectivity index (χ1v) is 6.09. The SMILES string of the molecule is Brc1cccc(-c2cncc3ccccc23)n1. The van der Waals surface area contributed by atoms with E-state index in [0.29, 0.717) is 0 Å². The van der Waals surface area contributed by atoms with Gasteiger partial charge < -0.3 is 0 Å². The van der Waals surface area contributed by atoms with Gasteiger partial charge in [0.1, 0.15) is 4.60 Å². The Bertz CT molecular complexity index is 674. The van der Waals surface area contributed by atoms with Crippen LogP contribution in [0, 0.1) is 0 Å². The highest BCUT2D eigenvalue weighted by Crippen LogP contribution is 2.26. The lowest BCUT2D eigenvalue weighted by molar-refractivity contribution is 1.26. The van der Waals surface area contributed by atoms with Crippen LogP contribution < -0.4 is 0 Å². The van der Waals surface area contributed by atoms with E-state index in [9.17, 15) is 0 Å². The molecule has 1 aromatic carbocycles. The van der Waals surface area contributed by atoms with Gasteiger partial charge in [0.25, 0.3) is 0 Å². The largest absolute Gasteiger partial charge is 0.263 e. The third-order valence-corrected chi connectivity index (χ3v) is 3.10. The number of fused-ring (bicyclic) bond motifs is 1. The highest BCUT2D eigenvalue weighted by atomic mass is 79.9. The molecule has 0 bridgehead atoms. The van der Waals surface area contributed by atoms with Crippen molar-refractivity contribution in [2.24, 2.45) is 0 Å². The number of nitrogens with zero attached hydrogens (tertiary/aromatic N) is 2. The van der Waals surface area contributed by atoms with Gasteiger partial charge in [-0.15, -0.1) is 0 Å². The monoisotopic (exact) mass is 284 g/mol. The molecule has 0 aliphatic rings. The molecule has 0 saturated heterocycles. The molecule has 0 radical (unpaired) electrons. The molecule has 0 fully saturated rings. The summed E-state index contributed by atoms with van der Waals surface area (Å²) in [5.41, 5.74) is 1.99. The van der Waals surface area contributed by atoms with Crippen molar-refractivity contribution in [2.75, 3.05) is 0 Å². The summed E-state index contributed by atoms with van der Waals surface area (Å²) < 4.78 is 0.836. The Labute approximate surface area is 107 Å². The standard InChI is InChI=1S/C14H9BrN2/c15-14-7-3-6-13(17-14)12-9-16-8-10-4-1-2-5-11(10)12/h1-9H. The second-order valence-corrected chi connectivity index (χ2v) is 4.57. The molecule has 2 nitrogen and oxygen atoms in total. The van der Waals surface area contributed by atoms with Crippen LogP contribution in [0.5, 0.6) is 0 Å². The number of rotatable bonds is 1. The van der Waals surface area contributed by atoms with E-state index in [0.717, 1.165) is 21.2 Å². The Balaban J connectivity index is 2.30. The van der Waals surface area contributed by atoms with Gasteiger partial charge in [0, 0.05) is 23.3 Å². The minimum atomic E-state index is 0.836. The van der Waals surface area contributed by atoms with E-state index >= 15 is 0 Å². The molecule has 17 heavy (non-hydrogen) atoms. The summed E-state index contributed by atoms with van der Waals surface area (Å²) in [6.45, 7) is 0. The van der Waals surface area contributed by atoms with Crippen LogP contribution in [0.4, 0.5) is 0 Å². The number of benzene rings is 1. The summed E-state index contributed by atoms with van der Waals surface area (Å²) in [7, 11) is 0. The van der Waals surface area contributed by atoms with Gasteiger partial charge in [-0.25, -0.2) is 4.98 Å². The first kappa shape index (κ1) is 10.4. The summed E-state index contributed by atoms with van der Waals surface area (Å²) in [4.78, 5) is 8.73. The number of aromatic nitrogens is 2. The lowest BCUT2D eigenvalue weighted by Crippen LogP contribution is -1.87. The molecular formula is C14H9BrN2. The predicted molar refractivity (Wildman–Crippen MR) is 72.7 cm³/mol. The Morgan fingerprint density at radius 3 is 2.65 bits per heavy atom. The Kier molecular flexibility index (Phi) is 2.61. The number of hydrogen-bond acceptors (Lipinski definition) is 2. The normalized spacial score (nSPS) is 10.6. The predicted octanol–water partition coefficient (Wildman–Crippen LogP) is 4.06. The van der Waals surface area contributed by atoms with Gasteiger partial charge in [-0.2, -0.15) is 0 Å². The second kappa shape index (κ2) is 4.26. The van der Waals surface area contributed by atoms with Crippen molar-refractivity contribution >= 4 is 26.7 Å². The summed E-state index contributed by atoms with van der Waals surface area (Å²) in [6.07, 6.45) is 3.73. The topological polar surface area (TPSA) is 25.8 Å². The van der Waals surface area contributed by atoms with Crippen molar-refractivity contribution in [2.45, 2.75) is 0 Å². The second-order valence-electron chi connectivity index (χ2n) is 3.75. The first-order valence-electron chi connectivity index (χ1n) is 5.30. The van der Waals surface area contributed by atoms with Crippen LogP contribution in [0.2, 0.25) is 0 Å². The fourth-order valence-electron chi connectivity index (χ4n) is 1.88. The zero-order valence-electron chi connectivity index (χ0n) is 8.97. The van der Waals surface area contributed by atoms with Gasteiger partial charge in [0.15, 0.2) is 0 Å². The van der Waals surface area contributed by atoms with Gasteiger partial charge in [0.05, 0.1) is 5.69 Å². The zero-order valence-corrected chi connectivity index (χ0v) is 10.6. The Morgan fingerprint density at radius 1 is 0.882 bits per heavy atom. The van der Waals surface area contributed by atoms with E-state index in [1.54, 1.807) is 0 Å². The maximum atomic E-state index is 4.47. The van der Waals surface area contributed by atoms with Crippen LogP contribution in [-0.4, -0.2) is 9.97 Å². The molecule has 0 N–H and O–H groups in total. The maximum absolute atomic E-state index is 4.47. The minimum Gasteiger partial charge on any atom is -0.263 e. The van der Waals surface area contributed by atoms with Crippen LogP contribution in [0.25, 0.3) is 22.0 Å². The van der Waals surface area contributed by atoms with Crippen molar-refractivity contribution in [1.29, 1.82) is 0 Å². The molecule has 0 spiro atoms. The zero-order chi connectivity index (χ0) is 11.7. The van der Waals surface area contributed by atoms with Crippen molar-refractivity contribution in [3.63, 3.8) is 0 Å². The molecule has 82 valence electrons. The van der Waals surface area contributed by atoms with E-state index in [4.69, 9.17) is 0 Å². The van der Waals surface area contributed by atoms with Gasteiger partial charge in [0.2, 0.25) is 0 Å². The van der Waals surface area contributed by atoms with Crippen LogP contribution in [0.1, 0.15) is 0 Å². The highest BCUT2D eigenvalue weighted by molar-refractivity contribution is 9.10. The van der Waals surface area contributed by atoms with E-state index < -0.39 is 0 Å². The minimum absolute atomic E-state index is 0.836. The van der Waals surface area contributed by atoms with Crippen LogP contribution in [0.15, 0.2) is 59.5 Å². The highest BCUT2D eigenvalue weighted by Gasteiger charge is 2.05. The summed E-state index contributed by atoms with van der Waals surface area (Å²) in [5, 5.41) is 2.31. The average Bonchev–Trinajstić information content (AvgIpc) is 2.38. The van der Waals surface area contributed by atoms with Gasteiger partial charge in [-0.3, -0.25) is 4.98 Å². The van der Waals surface area contributed by atoms with Gasteiger partial charge >= 0.3 is 0 Å². The van der Waals surface area contributed by atoms with Gasteiger partial charge in [-0.1, -0.05) is 30.3 Å². The first-order chi connectivity index (χ1) is 8.34. The van der Waals surface area contributed by atoms with E-state index in [1.165, 1.54) is 5.39 Å². The lowest BCUT2D eigenvalue weighted by atomic mass is 10.1. The van der Waals surface area contributed by atoms with Crippen molar-refractivity contribution in [3.05, 3.63) is 59.5 Å². The lowest BCUT2D eigenvalue weighted by Gasteiger charge is -2.05. The smallest absolute Gasteiger partial charge is 0.106 e. The molecule has 3 heteroatoms. The number of halogens is 1. The fraction of sp³-hybridized carbons (Fsp3) is 0. The Hall–Kier alpha value is -1.74. The molecule has 2 heterocycles. The fourth-order valence-corrected chi connectivity index (χ4v) is 2.22. The van der Waals surface area contributed by atoms with E-state index in [1.807, 2.05) is 42.7 Å². The molecule has 0 unspecified atom stereocenters. The molecule has 2 aromatic heterocycles. The molecule has 0 saturated carbocycles. The molecular weight excluding hydrogens is 276 g/mol. The quantitative estimate of drug-likeness (QED) is 0.630. The average molecular weight is 285 g/mol. The molecule has 0 aliphatic carbocycles. The number of hydrogen-bond donors (Lipinski definition) is 0. The molecule has 0 atom stereocenters. The van der Waals surface area contributed by atoms with Crippen LogP contribution >= 0.6 is 15.9 Å². The van der Waals surface area contributed by atoms with Gasteiger partial charge in [-0.05, 0) is 33.4 Å². The van der Waals surface area contributed by atoms with Crippen LogP contribution in [0.3, 0.4) is 0 Å². The molecule has 3 aromatic rings. The third kappa shape index (κ3) is 1.94. The summed E-state index contributed by atoms with van der Waals surface area (Å²) in [6, 6.07) is 14.1. The van der Waals surface area contributed by atoms with Crippen molar-refractivity contribution < 1.29 is 0 Å². The molecule has 0 aliphatic heterocycles. The maximum Gasteiger partial charge on any atom is 0.106 e. The molecule has 3 rings (SSSR count). The third-order valence-electron chi connectivity index (χ3n) is 2.66. The number of pyridine rings is 2. The van der Waals surface area contributed by atoms with E-state index in [2.05, 4.69) is 38.0 Å². The van der Waals surface area contributed by atoms with Crippen LogP contribution in [-0.2, 0) is 0 Å².